The molecular formula is C30H52N2O9S. The van der Waals surface area contributed by atoms with Crippen molar-refractivity contribution in [3.05, 3.63) is 25.3 Å². The van der Waals surface area contributed by atoms with Crippen molar-refractivity contribution in [2.45, 2.75) is 114 Å². The van der Waals surface area contributed by atoms with E-state index in [1.165, 1.54) is 0 Å². The average molecular weight is 617 g/mol. The third kappa shape index (κ3) is 23.9. The number of unbranched alkanes of at least 4 members (excludes halogenated alkanes) is 12. The molecule has 0 aromatic carbocycles. The number of carbonyl (C=O) groups is 4. The van der Waals surface area contributed by atoms with Gasteiger partial charge in [-0.25, -0.2) is 0 Å². The van der Waals surface area contributed by atoms with E-state index < -0.39 is 33.7 Å². The van der Waals surface area contributed by atoms with Gasteiger partial charge in [-0.1, -0.05) is 63.5 Å². The molecule has 1 atom stereocenters. The molecule has 1 unspecified atom stereocenters. The van der Waals surface area contributed by atoms with Gasteiger partial charge in [0, 0.05) is 12.8 Å². The number of allylic oxidation sites excluding steroid dienone is 2. The average Bonchev–Trinajstić information content (AvgIpc) is 2.94. The lowest BCUT2D eigenvalue weighted by Gasteiger charge is -2.13. The van der Waals surface area contributed by atoms with Crippen LogP contribution in [-0.4, -0.2) is 68.3 Å². The van der Waals surface area contributed by atoms with Gasteiger partial charge >= 0.3 is 11.9 Å². The van der Waals surface area contributed by atoms with Crippen LogP contribution in [0.15, 0.2) is 25.3 Å². The van der Waals surface area contributed by atoms with Gasteiger partial charge in [-0.15, -0.1) is 13.2 Å². The van der Waals surface area contributed by atoms with Crippen LogP contribution in [0.3, 0.4) is 0 Å². The summed E-state index contributed by atoms with van der Waals surface area (Å²) in [5.74, 6) is -2.77. The van der Waals surface area contributed by atoms with Gasteiger partial charge < -0.3 is 20.1 Å². The number of hydrogen-bond donors (Lipinski definition) is 3. The summed E-state index contributed by atoms with van der Waals surface area (Å²) in [6.45, 7) is 6.83. The maximum Gasteiger partial charge on any atom is 0.327 e. The molecule has 0 aliphatic carbocycles. The number of nitrogens with one attached hydrogen (secondary N) is 2. The van der Waals surface area contributed by atoms with Crippen molar-refractivity contribution >= 4 is 33.9 Å². The van der Waals surface area contributed by atoms with Crippen LogP contribution < -0.4 is 10.6 Å². The van der Waals surface area contributed by atoms with Crippen LogP contribution in [0.5, 0.6) is 0 Å². The van der Waals surface area contributed by atoms with Crippen LogP contribution in [0.1, 0.15) is 109 Å². The molecule has 42 heavy (non-hydrogen) atoms. The molecule has 2 amide bonds. The summed E-state index contributed by atoms with van der Waals surface area (Å²) < 4.78 is 42.4. The second kappa shape index (κ2) is 25.9. The predicted molar refractivity (Wildman–Crippen MR) is 162 cm³/mol. The van der Waals surface area contributed by atoms with Gasteiger partial charge in [-0.05, 0) is 38.5 Å². The highest BCUT2D eigenvalue weighted by atomic mass is 32.2. The van der Waals surface area contributed by atoms with Crippen molar-refractivity contribution in [2.75, 3.05) is 26.3 Å². The Bertz CT molecular complexity index is 906. The zero-order valence-electron chi connectivity index (χ0n) is 25.1. The van der Waals surface area contributed by atoms with E-state index in [9.17, 15) is 32.1 Å². The number of amides is 2. The molecule has 0 aromatic rings. The highest BCUT2D eigenvalue weighted by molar-refractivity contribution is 7.87. The largest absolute Gasteiger partial charge is 0.464 e. The Kier molecular flexibility index (Phi) is 24.3. The van der Waals surface area contributed by atoms with Crippen LogP contribution >= 0.6 is 0 Å². The van der Waals surface area contributed by atoms with Crippen molar-refractivity contribution in [2.24, 2.45) is 0 Å². The Balaban J connectivity index is 4.08. The summed E-state index contributed by atoms with van der Waals surface area (Å²) in [7, 11) is -4.95. The molecule has 0 radical (unpaired) electrons. The van der Waals surface area contributed by atoms with Crippen molar-refractivity contribution in [3.8, 4) is 0 Å². The molecule has 11 nitrogen and oxygen atoms in total. The first kappa shape index (κ1) is 39.3. The minimum Gasteiger partial charge on any atom is -0.464 e. The van der Waals surface area contributed by atoms with Crippen LogP contribution in [0, 0.1) is 0 Å². The Morgan fingerprint density at radius 2 is 1.07 bits per heavy atom. The zero-order chi connectivity index (χ0) is 31.5. The highest BCUT2D eigenvalue weighted by Gasteiger charge is 2.35. The third-order valence-electron chi connectivity index (χ3n) is 6.45. The smallest absolute Gasteiger partial charge is 0.327 e. The van der Waals surface area contributed by atoms with Crippen LogP contribution in [-0.2, 0) is 38.8 Å². The molecule has 0 aliphatic rings. The molecule has 0 spiro atoms. The molecule has 0 fully saturated rings. The monoisotopic (exact) mass is 616 g/mol. The first-order valence-corrected chi connectivity index (χ1v) is 16.7. The van der Waals surface area contributed by atoms with E-state index in [-0.39, 0.29) is 38.1 Å². The molecule has 242 valence electrons. The van der Waals surface area contributed by atoms with Gasteiger partial charge in [-0.3, -0.25) is 23.7 Å². The van der Waals surface area contributed by atoms with Gasteiger partial charge in [0.05, 0.1) is 19.5 Å². The van der Waals surface area contributed by atoms with E-state index in [0.29, 0.717) is 12.8 Å². The Morgan fingerprint density at radius 3 is 1.50 bits per heavy atom. The van der Waals surface area contributed by atoms with Gasteiger partial charge in [0.2, 0.25) is 11.8 Å². The topological polar surface area (TPSA) is 165 Å². The highest BCUT2D eigenvalue weighted by Crippen LogP contribution is 2.11. The van der Waals surface area contributed by atoms with Crippen molar-refractivity contribution < 1.29 is 41.6 Å². The Labute approximate surface area is 252 Å². The molecule has 12 heteroatoms. The molecule has 3 N–H and O–H groups in total. The molecule has 0 saturated heterocycles. The fraction of sp³-hybridized carbons (Fsp3) is 0.733. The van der Waals surface area contributed by atoms with Gasteiger partial charge in [-0.2, -0.15) is 8.42 Å². The van der Waals surface area contributed by atoms with Crippen LogP contribution in [0.25, 0.3) is 0 Å². The molecule has 0 heterocycles. The van der Waals surface area contributed by atoms with Crippen molar-refractivity contribution in [3.63, 3.8) is 0 Å². The number of hydrogen-bond acceptors (Lipinski definition) is 8. The fourth-order valence-corrected chi connectivity index (χ4v) is 4.71. The molecule has 0 aromatic heterocycles. The molecule has 0 rings (SSSR count). The number of carbonyl (C=O) groups excluding carboxylic acids is 4. The maximum absolute atomic E-state index is 12.2. The first-order chi connectivity index (χ1) is 20.1. The number of rotatable bonds is 28. The van der Waals surface area contributed by atoms with E-state index in [2.05, 4.69) is 23.8 Å². The lowest BCUT2D eigenvalue weighted by Crippen LogP contribution is -2.36. The maximum atomic E-state index is 12.2. The molecule has 0 saturated carbocycles. The van der Waals surface area contributed by atoms with E-state index in [4.69, 9.17) is 9.47 Å². The van der Waals surface area contributed by atoms with Gasteiger partial charge in [0.15, 0.2) is 5.25 Å². The number of esters is 2. The Morgan fingerprint density at radius 1 is 0.667 bits per heavy atom. The second-order valence-electron chi connectivity index (χ2n) is 10.2. The van der Waals surface area contributed by atoms with Gasteiger partial charge in [0.1, 0.15) is 13.2 Å². The summed E-state index contributed by atoms with van der Waals surface area (Å²) in [5.41, 5.74) is 0. The summed E-state index contributed by atoms with van der Waals surface area (Å²) >= 11 is 0. The van der Waals surface area contributed by atoms with E-state index >= 15 is 0 Å². The van der Waals surface area contributed by atoms with E-state index in [0.717, 1.165) is 89.9 Å². The molecule has 0 aliphatic heterocycles. The van der Waals surface area contributed by atoms with E-state index in [1.54, 1.807) is 0 Å². The third-order valence-corrected chi connectivity index (χ3v) is 7.53. The van der Waals surface area contributed by atoms with E-state index in [1.807, 2.05) is 12.2 Å². The fourth-order valence-electron chi connectivity index (χ4n) is 4.05. The minimum absolute atomic E-state index is 0.0303. The predicted octanol–water partition coefficient (Wildman–Crippen LogP) is 4.57. The van der Waals surface area contributed by atoms with Crippen molar-refractivity contribution in [1.29, 1.82) is 0 Å². The van der Waals surface area contributed by atoms with Crippen molar-refractivity contribution in [1.82, 2.24) is 10.6 Å². The lowest BCUT2D eigenvalue weighted by molar-refractivity contribution is -0.150. The zero-order valence-corrected chi connectivity index (χ0v) is 25.9. The number of ether oxygens (including phenoxy) is 2. The normalized spacial score (nSPS) is 11.7. The molecular weight excluding hydrogens is 564 g/mol. The minimum atomic E-state index is -4.95. The van der Waals surface area contributed by atoms with Crippen LogP contribution in [0.2, 0.25) is 0 Å². The van der Waals surface area contributed by atoms with Crippen LogP contribution in [0.4, 0.5) is 0 Å². The summed E-state index contributed by atoms with van der Waals surface area (Å²) in [5, 5.41) is 3.04. The quantitative estimate of drug-likeness (QED) is 0.0494. The summed E-state index contributed by atoms with van der Waals surface area (Å²) in [6, 6.07) is 0. The first-order valence-electron chi connectivity index (χ1n) is 15.2. The second-order valence-corrected chi connectivity index (χ2v) is 11.8. The Hall–Kier alpha value is -2.73. The lowest BCUT2D eigenvalue weighted by atomic mass is 10.1. The molecule has 0 bridgehead atoms. The standard InChI is InChI=1S/C30H52N2O9S/c1-3-5-7-9-11-13-15-17-19-27(33)31-21-23-40-29(35)25-26(42(37,38)39)30(36)41-24-22-32-28(34)20-18-16-14-12-10-8-6-4-2/h3-4,26H,1-2,5-25H2,(H,31,33)(H,32,34)(H,37,38,39). The summed E-state index contributed by atoms with van der Waals surface area (Å²) in [6.07, 6.45) is 17.9. The SMILES string of the molecule is C=CCCCCCCCCC(=O)NCCOC(=O)CC(C(=O)OCCNC(=O)CCCCCCCCC=C)S(=O)(=O)O. The summed E-state index contributed by atoms with van der Waals surface area (Å²) in [4.78, 5) is 48.0. The van der Waals surface area contributed by atoms with Gasteiger partial charge in [0.25, 0.3) is 10.1 Å².